The van der Waals surface area contributed by atoms with Crippen LogP contribution in [-0.2, 0) is 0 Å². The molecule has 5 aromatic rings. The molecule has 2 heterocycles. The third-order valence-electron chi connectivity index (χ3n) is 7.12. The van der Waals surface area contributed by atoms with Gasteiger partial charge in [0.15, 0.2) is 0 Å². The molecule has 1 aliphatic rings. The summed E-state index contributed by atoms with van der Waals surface area (Å²) in [5.74, 6) is -0.142. The minimum absolute atomic E-state index is 0.142. The van der Waals surface area contributed by atoms with E-state index in [1.807, 2.05) is 79.0 Å². The van der Waals surface area contributed by atoms with Gasteiger partial charge < -0.3 is 30.9 Å². The zero-order valence-corrected chi connectivity index (χ0v) is 21.5. The van der Waals surface area contributed by atoms with Crippen molar-refractivity contribution >= 4 is 50.9 Å². The molecule has 1 fully saturated rings. The molecule has 0 atom stereocenters. The van der Waals surface area contributed by atoms with Crippen LogP contribution in [0.2, 0.25) is 0 Å². The number of rotatable bonds is 7. The predicted molar refractivity (Wildman–Crippen MR) is 160 cm³/mol. The highest BCUT2D eigenvalue weighted by Gasteiger charge is 2.17. The second kappa shape index (κ2) is 10.9. The quantitative estimate of drug-likeness (QED) is 0.163. The van der Waals surface area contributed by atoms with Gasteiger partial charge in [-0.2, -0.15) is 0 Å². The second-order valence-corrected chi connectivity index (χ2v) is 9.90. The minimum Gasteiger partial charge on any atom is -0.393 e. The molecule has 0 saturated carbocycles. The van der Waals surface area contributed by atoms with E-state index < -0.39 is 0 Å². The average molecular weight is 518 g/mol. The summed E-state index contributed by atoms with van der Waals surface area (Å²) in [6, 6.07) is 31.8. The lowest BCUT2D eigenvalue weighted by Gasteiger charge is -2.31. The fourth-order valence-electron chi connectivity index (χ4n) is 4.88. The molecular weight excluding hydrogens is 486 g/mol. The summed E-state index contributed by atoms with van der Waals surface area (Å²) in [6.45, 7) is 1.79. The topological polar surface area (TPSA) is 92.4 Å². The zero-order chi connectivity index (χ0) is 26.6. The molecule has 7 heteroatoms. The summed E-state index contributed by atoms with van der Waals surface area (Å²) < 4.78 is 0. The highest BCUT2D eigenvalue weighted by atomic mass is 16.3. The van der Waals surface area contributed by atoms with Gasteiger partial charge in [-0.1, -0.05) is 6.07 Å². The van der Waals surface area contributed by atoms with Crippen molar-refractivity contribution < 1.29 is 9.90 Å². The van der Waals surface area contributed by atoms with Gasteiger partial charge in [-0.25, -0.2) is 0 Å². The number of piperidine rings is 1. The SMILES string of the molecule is O=C(Nc1ccc(Nc2ccc(Nc3ccc(N4CCC(O)CC4)cc3)cc2)cc1)c1ccc2cc[nH]c2c1. The molecule has 0 spiro atoms. The van der Waals surface area contributed by atoms with Crippen molar-refractivity contribution in [3.63, 3.8) is 0 Å². The molecule has 5 N–H and O–H groups in total. The maximum absolute atomic E-state index is 12.7. The van der Waals surface area contributed by atoms with Crippen molar-refractivity contribution in [2.24, 2.45) is 0 Å². The number of nitrogens with one attached hydrogen (secondary N) is 4. The van der Waals surface area contributed by atoms with Gasteiger partial charge in [0.05, 0.1) is 6.10 Å². The smallest absolute Gasteiger partial charge is 0.255 e. The standard InChI is InChI=1S/C32H31N5O2/c38-30-16-19-37(20-17-30)29-13-11-27(12-14-29)35-25-5-3-24(4-6-25)34-26-7-9-28(10-8-26)36-32(39)23-2-1-22-15-18-33-31(22)21-23/h1-15,18,21,30,33-35,38H,16-17,19-20H2,(H,36,39). The molecule has 1 aromatic heterocycles. The van der Waals surface area contributed by atoms with Gasteiger partial charge in [0.2, 0.25) is 0 Å². The monoisotopic (exact) mass is 517 g/mol. The predicted octanol–water partition coefficient (Wildman–Crippen LogP) is 6.87. The van der Waals surface area contributed by atoms with Crippen molar-refractivity contribution in [2.75, 3.05) is 33.9 Å². The summed E-state index contributed by atoms with van der Waals surface area (Å²) in [4.78, 5) is 18.1. The van der Waals surface area contributed by atoms with Gasteiger partial charge in [-0.05, 0) is 109 Å². The first-order valence-corrected chi connectivity index (χ1v) is 13.2. The third kappa shape index (κ3) is 5.89. The van der Waals surface area contributed by atoms with Crippen LogP contribution in [0, 0.1) is 0 Å². The van der Waals surface area contributed by atoms with Crippen molar-refractivity contribution in [1.29, 1.82) is 0 Å². The van der Waals surface area contributed by atoms with Crippen LogP contribution >= 0.6 is 0 Å². The molecular formula is C32H31N5O2. The highest BCUT2D eigenvalue weighted by molar-refractivity contribution is 6.06. The molecule has 0 bridgehead atoms. The summed E-state index contributed by atoms with van der Waals surface area (Å²) in [5, 5.41) is 20.6. The first kappa shape index (κ1) is 24.6. The number of carbonyl (C=O) groups is 1. The number of fused-ring (bicyclic) bond motifs is 1. The normalized spacial score (nSPS) is 13.8. The lowest BCUT2D eigenvalue weighted by Crippen LogP contribution is -2.35. The van der Waals surface area contributed by atoms with E-state index in [4.69, 9.17) is 0 Å². The Morgan fingerprint density at radius 2 is 1.26 bits per heavy atom. The van der Waals surface area contributed by atoms with Crippen LogP contribution in [0.3, 0.4) is 0 Å². The minimum atomic E-state index is -0.163. The van der Waals surface area contributed by atoms with Gasteiger partial charge >= 0.3 is 0 Å². The van der Waals surface area contributed by atoms with Crippen LogP contribution in [0.1, 0.15) is 23.2 Å². The largest absolute Gasteiger partial charge is 0.393 e. The summed E-state index contributed by atoms with van der Waals surface area (Å²) >= 11 is 0. The van der Waals surface area contributed by atoms with Crippen LogP contribution < -0.4 is 20.9 Å². The first-order valence-electron chi connectivity index (χ1n) is 13.2. The number of benzene rings is 4. The Kier molecular flexibility index (Phi) is 6.89. The molecule has 1 saturated heterocycles. The average Bonchev–Trinajstić information content (AvgIpc) is 3.44. The van der Waals surface area contributed by atoms with Crippen molar-refractivity contribution in [1.82, 2.24) is 4.98 Å². The molecule has 0 radical (unpaired) electrons. The third-order valence-corrected chi connectivity index (χ3v) is 7.12. The lowest BCUT2D eigenvalue weighted by molar-refractivity contribution is 0.102. The number of hydrogen-bond acceptors (Lipinski definition) is 5. The number of aliphatic hydroxyl groups is 1. The Hall–Kier alpha value is -4.75. The summed E-state index contributed by atoms with van der Waals surface area (Å²) in [7, 11) is 0. The Bertz CT molecular complexity index is 1550. The Labute approximate surface area is 227 Å². The maximum atomic E-state index is 12.7. The molecule has 0 unspecified atom stereocenters. The number of hydrogen-bond donors (Lipinski definition) is 5. The van der Waals surface area contributed by atoms with Crippen molar-refractivity contribution in [2.45, 2.75) is 18.9 Å². The van der Waals surface area contributed by atoms with Gasteiger partial charge in [0, 0.05) is 64.5 Å². The van der Waals surface area contributed by atoms with Crippen LogP contribution in [0.15, 0.2) is 103 Å². The van der Waals surface area contributed by atoms with E-state index in [9.17, 15) is 9.90 Å². The van der Waals surface area contributed by atoms with Gasteiger partial charge in [0.25, 0.3) is 5.91 Å². The molecule has 1 amide bonds. The fourth-order valence-corrected chi connectivity index (χ4v) is 4.88. The second-order valence-electron chi connectivity index (χ2n) is 9.90. The zero-order valence-electron chi connectivity index (χ0n) is 21.5. The van der Waals surface area contributed by atoms with Crippen molar-refractivity contribution in [3.8, 4) is 0 Å². The van der Waals surface area contributed by atoms with Gasteiger partial charge in [-0.15, -0.1) is 0 Å². The van der Waals surface area contributed by atoms with Gasteiger partial charge in [-0.3, -0.25) is 4.79 Å². The van der Waals surface area contributed by atoms with E-state index in [0.717, 1.165) is 65.3 Å². The van der Waals surface area contributed by atoms with Crippen LogP contribution in [0.4, 0.5) is 34.1 Å². The summed E-state index contributed by atoms with van der Waals surface area (Å²) in [5.41, 5.74) is 7.42. The molecule has 196 valence electrons. The number of anilines is 6. The van der Waals surface area contributed by atoms with Crippen LogP contribution in [0.25, 0.3) is 10.9 Å². The number of aromatic amines is 1. The first-order chi connectivity index (χ1) is 19.1. The van der Waals surface area contributed by atoms with Crippen molar-refractivity contribution in [3.05, 3.63) is 109 Å². The number of aliphatic hydroxyl groups excluding tert-OH is 1. The van der Waals surface area contributed by atoms with Gasteiger partial charge in [0.1, 0.15) is 0 Å². The maximum Gasteiger partial charge on any atom is 0.255 e. The fraction of sp³-hybridized carbons (Fsp3) is 0.156. The lowest BCUT2D eigenvalue weighted by atomic mass is 10.1. The highest BCUT2D eigenvalue weighted by Crippen LogP contribution is 2.26. The van der Waals surface area contributed by atoms with E-state index in [-0.39, 0.29) is 12.0 Å². The Balaban J connectivity index is 1.02. The number of H-pyrrole nitrogens is 1. The number of carbonyl (C=O) groups excluding carboxylic acids is 1. The number of amides is 1. The molecule has 0 aliphatic carbocycles. The van der Waals surface area contributed by atoms with Crippen LogP contribution in [-0.4, -0.2) is 35.2 Å². The Morgan fingerprint density at radius 3 is 1.85 bits per heavy atom. The van der Waals surface area contributed by atoms with E-state index in [1.165, 1.54) is 5.69 Å². The molecule has 6 rings (SSSR count). The Morgan fingerprint density at radius 1 is 0.718 bits per heavy atom. The summed E-state index contributed by atoms with van der Waals surface area (Å²) in [6.07, 6.45) is 3.36. The van der Waals surface area contributed by atoms with E-state index in [2.05, 4.69) is 50.1 Å². The molecule has 4 aromatic carbocycles. The molecule has 1 aliphatic heterocycles. The molecule has 39 heavy (non-hydrogen) atoms. The van der Waals surface area contributed by atoms with E-state index in [1.54, 1.807) is 0 Å². The van der Waals surface area contributed by atoms with E-state index in [0.29, 0.717) is 5.56 Å². The van der Waals surface area contributed by atoms with E-state index >= 15 is 0 Å². The number of nitrogens with zero attached hydrogens (tertiary/aromatic N) is 1. The van der Waals surface area contributed by atoms with Crippen LogP contribution in [0.5, 0.6) is 0 Å². The number of aromatic nitrogens is 1. The molecule has 7 nitrogen and oxygen atoms in total.